The highest BCUT2D eigenvalue weighted by Gasteiger charge is 2.34. The lowest BCUT2D eigenvalue weighted by Crippen LogP contribution is -2.29. The Morgan fingerprint density at radius 1 is 1.38 bits per heavy atom. The number of halogens is 2. The van der Waals surface area contributed by atoms with E-state index in [-0.39, 0.29) is 30.0 Å². The van der Waals surface area contributed by atoms with Gasteiger partial charge in [0.1, 0.15) is 6.04 Å². The Morgan fingerprint density at radius 3 is 2.92 bits per heavy atom. The number of carbonyl (C=O) groups is 2. The van der Waals surface area contributed by atoms with Crippen LogP contribution in [-0.4, -0.2) is 33.5 Å². The molecule has 1 atom stereocenters. The van der Waals surface area contributed by atoms with Crippen molar-refractivity contribution >= 4 is 17.6 Å². The summed E-state index contributed by atoms with van der Waals surface area (Å²) < 4.78 is 31.2. The molecule has 1 saturated heterocycles. The van der Waals surface area contributed by atoms with Crippen molar-refractivity contribution in [2.24, 2.45) is 0 Å². The van der Waals surface area contributed by atoms with E-state index in [0.29, 0.717) is 25.3 Å². The minimum absolute atomic E-state index is 0.0220. The van der Waals surface area contributed by atoms with Crippen LogP contribution in [0.15, 0.2) is 22.7 Å². The number of hydrogen-bond acceptors (Lipinski definition) is 5. The van der Waals surface area contributed by atoms with Crippen molar-refractivity contribution in [3.05, 3.63) is 41.5 Å². The molecule has 0 bridgehead atoms. The van der Waals surface area contributed by atoms with Crippen molar-refractivity contribution < 1.29 is 22.9 Å². The molecule has 1 aromatic heterocycles. The minimum atomic E-state index is -1.06. The Balaban J connectivity index is 1.55. The molecule has 3 rings (SSSR count). The Bertz CT molecular complexity index is 826. The molecule has 0 unspecified atom stereocenters. The Hall–Kier alpha value is -3.04. The van der Waals surface area contributed by atoms with Crippen LogP contribution >= 0.6 is 0 Å². The SMILES string of the molecule is CCN1C(=O)CC[C@H]1c1nc(CNC(=O)Nc2ccc(F)c(F)c2)no1. The van der Waals surface area contributed by atoms with Gasteiger partial charge in [0.05, 0.1) is 6.54 Å². The van der Waals surface area contributed by atoms with Crippen molar-refractivity contribution in [3.63, 3.8) is 0 Å². The highest BCUT2D eigenvalue weighted by molar-refractivity contribution is 5.89. The molecule has 0 saturated carbocycles. The molecule has 2 N–H and O–H groups in total. The van der Waals surface area contributed by atoms with Gasteiger partial charge in [-0.05, 0) is 25.5 Å². The van der Waals surface area contributed by atoms with E-state index in [1.54, 1.807) is 4.90 Å². The average molecular weight is 365 g/mol. The summed E-state index contributed by atoms with van der Waals surface area (Å²) in [6, 6.07) is 2.15. The first-order valence-corrected chi connectivity index (χ1v) is 8.09. The second-order valence-electron chi connectivity index (χ2n) is 5.72. The minimum Gasteiger partial charge on any atom is -0.337 e. The van der Waals surface area contributed by atoms with Gasteiger partial charge < -0.3 is 20.1 Å². The van der Waals surface area contributed by atoms with Crippen molar-refractivity contribution in [2.45, 2.75) is 32.4 Å². The summed E-state index contributed by atoms with van der Waals surface area (Å²) in [6.45, 7) is 2.40. The summed E-state index contributed by atoms with van der Waals surface area (Å²) in [6.07, 6.45) is 1.05. The molecule has 1 fully saturated rings. The van der Waals surface area contributed by atoms with E-state index in [0.717, 1.165) is 12.1 Å². The van der Waals surface area contributed by atoms with E-state index in [9.17, 15) is 18.4 Å². The van der Waals surface area contributed by atoms with Crippen molar-refractivity contribution in [2.75, 3.05) is 11.9 Å². The van der Waals surface area contributed by atoms with E-state index < -0.39 is 17.7 Å². The quantitative estimate of drug-likeness (QED) is 0.847. The molecular formula is C16H17F2N5O3. The zero-order chi connectivity index (χ0) is 18.7. The maximum atomic E-state index is 13.1. The molecule has 0 spiro atoms. The zero-order valence-corrected chi connectivity index (χ0v) is 14.0. The van der Waals surface area contributed by atoms with Gasteiger partial charge in [-0.25, -0.2) is 13.6 Å². The van der Waals surface area contributed by atoms with Crippen LogP contribution in [0.4, 0.5) is 19.3 Å². The van der Waals surface area contributed by atoms with Crippen LogP contribution < -0.4 is 10.6 Å². The average Bonchev–Trinajstić information content (AvgIpc) is 3.22. The van der Waals surface area contributed by atoms with Crippen LogP contribution in [0.1, 0.15) is 37.5 Å². The van der Waals surface area contributed by atoms with Gasteiger partial charge in [0, 0.05) is 24.7 Å². The van der Waals surface area contributed by atoms with Gasteiger partial charge >= 0.3 is 6.03 Å². The predicted octanol–water partition coefficient (Wildman–Crippen LogP) is 2.35. The van der Waals surface area contributed by atoms with Gasteiger partial charge in [-0.1, -0.05) is 5.16 Å². The maximum Gasteiger partial charge on any atom is 0.319 e. The lowest BCUT2D eigenvalue weighted by molar-refractivity contribution is -0.129. The monoisotopic (exact) mass is 365 g/mol. The van der Waals surface area contributed by atoms with E-state index in [2.05, 4.69) is 20.8 Å². The van der Waals surface area contributed by atoms with Gasteiger partial charge in [-0.3, -0.25) is 4.79 Å². The molecule has 8 nitrogen and oxygen atoms in total. The third-order valence-corrected chi connectivity index (χ3v) is 4.02. The largest absolute Gasteiger partial charge is 0.337 e. The summed E-state index contributed by atoms with van der Waals surface area (Å²) in [5.41, 5.74) is 0.109. The van der Waals surface area contributed by atoms with E-state index in [1.165, 1.54) is 6.07 Å². The van der Waals surface area contributed by atoms with Gasteiger partial charge in [0.15, 0.2) is 17.5 Å². The van der Waals surface area contributed by atoms with E-state index >= 15 is 0 Å². The van der Waals surface area contributed by atoms with Crippen molar-refractivity contribution in [1.29, 1.82) is 0 Å². The first-order valence-electron chi connectivity index (χ1n) is 8.09. The molecule has 3 amide bonds. The van der Waals surface area contributed by atoms with Crippen molar-refractivity contribution in [1.82, 2.24) is 20.4 Å². The number of nitrogens with zero attached hydrogens (tertiary/aromatic N) is 3. The number of amides is 3. The number of rotatable bonds is 5. The molecule has 2 aromatic rings. The number of carbonyl (C=O) groups excluding carboxylic acids is 2. The van der Waals surface area contributed by atoms with Crippen molar-refractivity contribution in [3.8, 4) is 0 Å². The van der Waals surface area contributed by atoms with Gasteiger partial charge in [-0.2, -0.15) is 4.98 Å². The highest BCUT2D eigenvalue weighted by Crippen LogP contribution is 2.31. The normalized spacial score (nSPS) is 16.8. The standard InChI is InChI=1S/C16H17F2N5O3/c1-2-23-12(5-6-14(23)24)15-21-13(22-26-15)8-19-16(25)20-9-3-4-10(17)11(18)7-9/h3-4,7,12H,2,5-6,8H2,1H3,(H2,19,20,25)/t12-/m0/s1. The van der Waals surface area contributed by atoms with Crippen LogP contribution in [0.5, 0.6) is 0 Å². The zero-order valence-electron chi connectivity index (χ0n) is 14.0. The molecule has 1 aliphatic heterocycles. The predicted molar refractivity (Wildman–Crippen MR) is 85.9 cm³/mol. The summed E-state index contributed by atoms with van der Waals surface area (Å²) in [5.74, 6) is -1.44. The fourth-order valence-electron chi connectivity index (χ4n) is 2.77. The first kappa shape index (κ1) is 17.8. The third-order valence-electron chi connectivity index (χ3n) is 4.02. The lowest BCUT2D eigenvalue weighted by Gasteiger charge is -2.19. The van der Waals surface area contributed by atoms with Crippen LogP contribution in [0.2, 0.25) is 0 Å². The number of hydrogen-bond donors (Lipinski definition) is 2. The van der Waals surface area contributed by atoms with Crippen LogP contribution in [0, 0.1) is 11.6 Å². The molecule has 10 heteroatoms. The summed E-state index contributed by atoms with van der Waals surface area (Å²) in [7, 11) is 0. The lowest BCUT2D eigenvalue weighted by atomic mass is 10.2. The molecule has 2 heterocycles. The molecule has 0 aliphatic carbocycles. The number of benzene rings is 1. The molecule has 0 radical (unpaired) electrons. The second-order valence-corrected chi connectivity index (χ2v) is 5.72. The van der Waals surface area contributed by atoms with E-state index in [4.69, 9.17) is 4.52 Å². The number of urea groups is 1. The molecule has 1 aliphatic rings. The number of aromatic nitrogens is 2. The summed E-state index contributed by atoms with van der Waals surface area (Å²) >= 11 is 0. The van der Waals surface area contributed by atoms with Gasteiger partial charge in [0.25, 0.3) is 0 Å². The number of likely N-dealkylation sites (tertiary alicyclic amines) is 1. The van der Waals surface area contributed by atoms with E-state index in [1.807, 2.05) is 6.92 Å². The highest BCUT2D eigenvalue weighted by atomic mass is 19.2. The first-order chi connectivity index (χ1) is 12.5. The van der Waals surface area contributed by atoms with Gasteiger partial charge in [0.2, 0.25) is 11.8 Å². The van der Waals surface area contributed by atoms with Crippen LogP contribution in [0.25, 0.3) is 0 Å². The molecule has 1 aromatic carbocycles. The molecule has 138 valence electrons. The Kier molecular flexibility index (Phi) is 5.10. The maximum absolute atomic E-state index is 13.1. The summed E-state index contributed by atoms with van der Waals surface area (Å²) in [4.78, 5) is 29.4. The van der Waals surface area contributed by atoms with Crippen LogP contribution in [-0.2, 0) is 11.3 Å². The van der Waals surface area contributed by atoms with Gasteiger partial charge in [-0.15, -0.1) is 0 Å². The molecular weight excluding hydrogens is 348 g/mol. The second kappa shape index (κ2) is 7.46. The third kappa shape index (κ3) is 3.79. The topological polar surface area (TPSA) is 100 Å². The van der Waals surface area contributed by atoms with Crippen LogP contribution in [0.3, 0.4) is 0 Å². The fraction of sp³-hybridized carbons (Fsp3) is 0.375. The Morgan fingerprint density at radius 2 is 2.19 bits per heavy atom. The smallest absolute Gasteiger partial charge is 0.319 e. The molecule has 26 heavy (non-hydrogen) atoms. The number of anilines is 1. The summed E-state index contributed by atoms with van der Waals surface area (Å²) in [5, 5.41) is 8.64. The fourth-order valence-corrected chi connectivity index (χ4v) is 2.77. The Labute approximate surface area is 147 Å². The number of nitrogens with one attached hydrogen (secondary N) is 2.